The number of hydrogen-bond donors (Lipinski definition) is 3. The third-order valence-corrected chi connectivity index (χ3v) is 4.49. The average Bonchev–Trinajstić information content (AvgIpc) is 3.20. The summed E-state index contributed by atoms with van der Waals surface area (Å²) >= 11 is 0. The largest absolute Gasteiger partial charge is 0.336 e. The van der Waals surface area contributed by atoms with Crippen LogP contribution in [0.3, 0.4) is 0 Å². The molecule has 0 spiro atoms. The zero-order valence-corrected chi connectivity index (χ0v) is 16.6. The van der Waals surface area contributed by atoms with E-state index < -0.39 is 11.6 Å². The van der Waals surface area contributed by atoms with Gasteiger partial charge < -0.3 is 10.7 Å². The monoisotopic (exact) mass is 420 g/mol. The van der Waals surface area contributed by atoms with Crippen LogP contribution in [-0.4, -0.2) is 48.8 Å². The molecule has 1 aliphatic heterocycles. The predicted octanol–water partition coefficient (Wildman–Crippen LogP) is 3.85. The van der Waals surface area contributed by atoms with Crippen molar-refractivity contribution in [2.24, 2.45) is 9.98 Å². The van der Waals surface area contributed by atoms with Crippen LogP contribution in [0.1, 0.15) is 12.8 Å². The van der Waals surface area contributed by atoms with Crippen LogP contribution in [0.4, 0.5) is 26.2 Å². The molecule has 0 bridgehead atoms. The highest BCUT2D eigenvalue weighted by atomic mass is 19.1. The van der Waals surface area contributed by atoms with Crippen LogP contribution in [0.25, 0.3) is 0 Å². The minimum atomic E-state index is -0.619. The molecule has 8 nitrogen and oxygen atoms in total. The lowest BCUT2D eigenvalue weighted by molar-refractivity contribution is -0.111. The second-order valence-corrected chi connectivity index (χ2v) is 6.64. The fourth-order valence-electron chi connectivity index (χ4n) is 2.93. The summed E-state index contributed by atoms with van der Waals surface area (Å²) in [6, 6.07) is 12.8. The topological polar surface area (TPSA) is 122 Å². The minimum absolute atomic E-state index is 0.0281. The number of rotatable bonds is 9. The first kappa shape index (κ1) is 21.7. The summed E-state index contributed by atoms with van der Waals surface area (Å²) in [7, 11) is 0. The van der Waals surface area contributed by atoms with Gasteiger partial charge in [-0.25, -0.2) is 9.18 Å². The maximum Gasteiger partial charge on any atom is 0.321 e. The molecule has 9 heteroatoms. The van der Waals surface area contributed by atoms with Gasteiger partial charge >= 0.3 is 6.03 Å². The highest BCUT2D eigenvalue weighted by Gasteiger charge is 2.22. The van der Waals surface area contributed by atoms with Gasteiger partial charge in [-0.2, -0.15) is 0 Å². The van der Waals surface area contributed by atoms with Gasteiger partial charge in [0.25, 0.3) is 0 Å². The van der Waals surface area contributed by atoms with Gasteiger partial charge in [-0.05, 0) is 30.3 Å². The minimum Gasteiger partial charge on any atom is -0.336 e. The molecule has 1 fully saturated rings. The van der Waals surface area contributed by atoms with Crippen LogP contribution in [0.2, 0.25) is 0 Å². The number of amides is 2. The van der Waals surface area contributed by atoms with Gasteiger partial charge in [-0.3, -0.25) is 25.1 Å². The quantitative estimate of drug-likeness (QED) is 0.534. The van der Waals surface area contributed by atoms with Crippen molar-refractivity contribution >= 4 is 52.7 Å². The Hall–Kier alpha value is -4.01. The van der Waals surface area contributed by atoms with E-state index in [1.807, 2.05) is 6.07 Å². The third-order valence-electron chi connectivity index (χ3n) is 4.49. The highest BCUT2D eigenvalue weighted by Crippen LogP contribution is 2.25. The van der Waals surface area contributed by atoms with Crippen molar-refractivity contribution in [2.45, 2.75) is 12.8 Å². The summed E-state index contributed by atoms with van der Waals surface area (Å²) in [6.45, 7) is 0.960. The Morgan fingerprint density at radius 1 is 1.19 bits per heavy atom. The Kier molecular flexibility index (Phi) is 7.10. The van der Waals surface area contributed by atoms with E-state index >= 15 is 0 Å². The molecule has 158 valence electrons. The number of anilines is 1. The van der Waals surface area contributed by atoms with Crippen molar-refractivity contribution in [3.05, 3.63) is 54.3 Å². The van der Waals surface area contributed by atoms with E-state index in [-0.39, 0.29) is 36.0 Å². The van der Waals surface area contributed by atoms with E-state index in [1.165, 1.54) is 23.2 Å². The van der Waals surface area contributed by atoms with Crippen LogP contribution >= 0.6 is 0 Å². The van der Waals surface area contributed by atoms with Gasteiger partial charge in [-0.1, -0.05) is 18.2 Å². The van der Waals surface area contributed by atoms with Gasteiger partial charge in [0.15, 0.2) is 11.6 Å². The number of aliphatic imine (C=N–C) groups is 2. The predicted molar refractivity (Wildman–Crippen MR) is 120 cm³/mol. The summed E-state index contributed by atoms with van der Waals surface area (Å²) in [4.78, 5) is 33.7. The van der Waals surface area contributed by atoms with Gasteiger partial charge in [-0.15, -0.1) is 0 Å². The molecule has 31 heavy (non-hydrogen) atoms. The van der Waals surface area contributed by atoms with E-state index in [4.69, 9.17) is 10.8 Å². The number of para-hydroxylation sites is 1. The number of carbonyl (C=O) groups is 2. The number of nitrogens with zero attached hydrogens (tertiary/aromatic N) is 3. The smallest absolute Gasteiger partial charge is 0.321 e. The molecule has 3 N–H and O–H groups in total. The molecule has 2 amide bonds. The summed E-state index contributed by atoms with van der Waals surface area (Å²) in [5.74, 6) is -1.16. The SMILES string of the molecule is N=CCC(=Nc1ccccc1)C(=N)C(=O)CC=Nc1ccc(N2CCNC2=O)cc1F. The molecule has 0 saturated carbocycles. The first-order valence-electron chi connectivity index (χ1n) is 9.60. The summed E-state index contributed by atoms with van der Waals surface area (Å²) in [5.41, 5.74) is 0.908. The Bertz CT molecular complexity index is 1060. The van der Waals surface area contributed by atoms with Crippen molar-refractivity contribution in [3.63, 3.8) is 0 Å². The first-order chi connectivity index (χ1) is 15.0. The second-order valence-electron chi connectivity index (χ2n) is 6.64. The van der Waals surface area contributed by atoms with Crippen LogP contribution in [0.5, 0.6) is 0 Å². The molecule has 0 radical (unpaired) electrons. The molecule has 2 aromatic carbocycles. The summed E-state index contributed by atoms with van der Waals surface area (Å²) in [5, 5.41) is 18.0. The van der Waals surface area contributed by atoms with Crippen LogP contribution in [0.15, 0.2) is 58.5 Å². The Morgan fingerprint density at radius 3 is 2.61 bits per heavy atom. The van der Waals surface area contributed by atoms with Crippen LogP contribution in [0, 0.1) is 16.6 Å². The standard InChI is InChI=1S/C22H21FN6O2/c23-17-14-16(29-13-12-27-22(29)31)6-7-18(17)26-11-9-20(30)21(25)19(8-10-24)28-15-4-2-1-3-5-15/h1-7,10-11,14,24-25H,8-9,12-13H2,(H,27,31). The third kappa shape index (κ3) is 5.53. The molecule has 1 aliphatic rings. The molecule has 1 saturated heterocycles. The van der Waals surface area contributed by atoms with Gasteiger partial charge in [0.05, 0.1) is 17.1 Å². The van der Waals surface area contributed by atoms with E-state index in [0.29, 0.717) is 24.5 Å². The van der Waals surface area contributed by atoms with E-state index in [1.54, 1.807) is 30.3 Å². The van der Waals surface area contributed by atoms with Gasteiger partial charge in [0, 0.05) is 44.0 Å². The second kappa shape index (κ2) is 10.1. The normalized spacial score (nSPS) is 14.0. The van der Waals surface area contributed by atoms with Gasteiger partial charge in [0.1, 0.15) is 5.71 Å². The van der Waals surface area contributed by atoms with Crippen molar-refractivity contribution in [3.8, 4) is 0 Å². The average molecular weight is 420 g/mol. The molecule has 0 atom stereocenters. The van der Waals surface area contributed by atoms with Crippen molar-refractivity contribution in [1.82, 2.24) is 5.32 Å². The van der Waals surface area contributed by atoms with E-state index in [9.17, 15) is 14.0 Å². The molecule has 0 aromatic heterocycles. The fourth-order valence-corrected chi connectivity index (χ4v) is 2.93. The maximum absolute atomic E-state index is 14.3. The van der Waals surface area contributed by atoms with Crippen molar-refractivity contribution in [2.75, 3.05) is 18.0 Å². The number of ketones is 1. The fraction of sp³-hybridized carbons (Fsp3) is 0.182. The molecule has 0 unspecified atom stereocenters. The number of urea groups is 1. The van der Waals surface area contributed by atoms with Crippen molar-refractivity contribution in [1.29, 1.82) is 10.8 Å². The maximum atomic E-state index is 14.3. The number of Topliss-reactive ketones (excluding diaryl/α,β-unsaturated/α-hetero) is 1. The zero-order chi connectivity index (χ0) is 22.2. The Balaban J connectivity index is 1.66. The Labute approximate surface area is 178 Å². The molecule has 1 heterocycles. The highest BCUT2D eigenvalue weighted by molar-refractivity contribution is 6.68. The van der Waals surface area contributed by atoms with Crippen LogP contribution < -0.4 is 10.2 Å². The lowest BCUT2D eigenvalue weighted by Crippen LogP contribution is -2.27. The zero-order valence-electron chi connectivity index (χ0n) is 16.6. The lowest BCUT2D eigenvalue weighted by Gasteiger charge is -2.14. The molecule has 0 aliphatic carbocycles. The number of hydrogen-bond acceptors (Lipinski definition) is 6. The summed E-state index contributed by atoms with van der Waals surface area (Å²) < 4.78 is 14.3. The molecular weight excluding hydrogens is 399 g/mol. The van der Waals surface area contributed by atoms with E-state index in [2.05, 4.69) is 15.3 Å². The van der Waals surface area contributed by atoms with Crippen molar-refractivity contribution < 1.29 is 14.0 Å². The number of nitrogens with one attached hydrogen (secondary N) is 3. The molecule has 3 rings (SSSR count). The van der Waals surface area contributed by atoms with E-state index in [0.717, 1.165) is 6.21 Å². The Morgan fingerprint density at radius 2 is 1.97 bits per heavy atom. The summed E-state index contributed by atoms with van der Waals surface area (Å²) in [6.07, 6.45) is 2.16. The number of halogens is 1. The molecule has 2 aromatic rings. The molecular formula is C22H21FN6O2. The van der Waals surface area contributed by atoms with Gasteiger partial charge in [0.2, 0.25) is 0 Å². The lowest BCUT2D eigenvalue weighted by atomic mass is 10.1. The van der Waals surface area contributed by atoms with Crippen LogP contribution in [-0.2, 0) is 4.79 Å². The number of benzene rings is 2. The first-order valence-corrected chi connectivity index (χ1v) is 9.60. The number of carbonyl (C=O) groups excluding carboxylic acids is 2.